The Kier molecular flexibility index (Phi) is 10.0. The third kappa shape index (κ3) is 9.48. The van der Waals surface area contributed by atoms with Crippen LogP contribution in [0.2, 0.25) is 0 Å². The van der Waals surface area contributed by atoms with Gasteiger partial charge in [-0.1, -0.05) is 50.5 Å². The summed E-state index contributed by atoms with van der Waals surface area (Å²) in [7, 11) is 0. The second kappa shape index (κ2) is 10.5. The molecule has 0 unspecified atom stereocenters. The van der Waals surface area contributed by atoms with Gasteiger partial charge in [0.15, 0.2) is 0 Å². The van der Waals surface area contributed by atoms with Crippen LogP contribution in [0.15, 0.2) is 24.3 Å². The van der Waals surface area contributed by atoms with E-state index >= 15 is 0 Å². The van der Waals surface area contributed by atoms with Crippen LogP contribution < -0.4 is 0 Å². The van der Waals surface area contributed by atoms with E-state index in [4.69, 9.17) is 0 Å². The summed E-state index contributed by atoms with van der Waals surface area (Å²) in [5.74, 6) is 0. The molecular formula is C12H20. The van der Waals surface area contributed by atoms with Crippen LogP contribution in [0.5, 0.6) is 0 Å². The lowest BCUT2D eigenvalue weighted by Crippen LogP contribution is -1.73. The smallest absolute Gasteiger partial charge is 0.0169 e. The Morgan fingerprint density at radius 1 is 0.917 bits per heavy atom. The van der Waals surface area contributed by atoms with Crippen molar-refractivity contribution in [1.82, 2.24) is 0 Å². The zero-order valence-corrected chi connectivity index (χ0v) is 7.97. The molecule has 0 heteroatoms. The topological polar surface area (TPSA) is 0 Å². The van der Waals surface area contributed by atoms with Crippen molar-refractivity contribution in [3.05, 3.63) is 38.2 Å². The molecule has 68 valence electrons. The molecule has 2 radical (unpaired) electrons. The summed E-state index contributed by atoms with van der Waals surface area (Å²) in [5.41, 5.74) is 0. The monoisotopic (exact) mass is 164 g/mol. The van der Waals surface area contributed by atoms with Gasteiger partial charge in [-0.05, 0) is 26.2 Å². The Morgan fingerprint density at radius 3 is 2.42 bits per heavy atom. The fourth-order valence-corrected chi connectivity index (χ4v) is 1.00. The molecule has 0 aliphatic heterocycles. The van der Waals surface area contributed by atoms with E-state index < -0.39 is 0 Å². The molecule has 0 spiro atoms. The summed E-state index contributed by atoms with van der Waals surface area (Å²) in [5, 5.41) is 0. The maximum atomic E-state index is 3.81. The van der Waals surface area contributed by atoms with Crippen molar-refractivity contribution in [3.63, 3.8) is 0 Å². The Labute approximate surface area is 77.4 Å². The van der Waals surface area contributed by atoms with E-state index in [9.17, 15) is 0 Å². The van der Waals surface area contributed by atoms with E-state index in [1.54, 1.807) is 0 Å². The molecular weight excluding hydrogens is 144 g/mol. The van der Waals surface area contributed by atoms with Crippen molar-refractivity contribution in [2.24, 2.45) is 0 Å². The molecule has 0 atom stereocenters. The van der Waals surface area contributed by atoms with Gasteiger partial charge in [0.05, 0.1) is 0 Å². The first-order chi connectivity index (χ1) is 5.91. The summed E-state index contributed by atoms with van der Waals surface area (Å²) >= 11 is 0. The van der Waals surface area contributed by atoms with E-state index in [0.29, 0.717) is 0 Å². The second-order valence-corrected chi connectivity index (χ2v) is 2.88. The van der Waals surface area contributed by atoms with Gasteiger partial charge < -0.3 is 0 Å². The summed E-state index contributed by atoms with van der Waals surface area (Å²) in [6, 6.07) is 0. The molecule has 0 rings (SSSR count). The maximum Gasteiger partial charge on any atom is -0.0169 e. The SMILES string of the molecule is [CH2]C=CCC=CCCCCC[CH2]. The van der Waals surface area contributed by atoms with Crippen LogP contribution in [0.4, 0.5) is 0 Å². The average Bonchev–Trinajstić information content (AvgIpc) is 2.10. The van der Waals surface area contributed by atoms with Gasteiger partial charge in [0.1, 0.15) is 0 Å². The standard InChI is InChI=1S/C12H20/c1-3-5-7-9-11-12-10-8-6-4-2/h3,5,9,11H,1-2,4,6-8,10,12H2. The van der Waals surface area contributed by atoms with Crippen molar-refractivity contribution >= 4 is 0 Å². The molecule has 0 fully saturated rings. The molecule has 0 aromatic heterocycles. The number of hydrogen-bond donors (Lipinski definition) is 0. The third-order valence-electron chi connectivity index (χ3n) is 1.73. The van der Waals surface area contributed by atoms with E-state index in [1.807, 2.05) is 6.08 Å². The van der Waals surface area contributed by atoms with Crippen molar-refractivity contribution in [1.29, 1.82) is 0 Å². The normalized spacial score (nSPS) is 11.8. The highest BCUT2D eigenvalue weighted by Crippen LogP contribution is 2.02. The first-order valence-electron chi connectivity index (χ1n) is 4.80. The minimum atomic E-state index is 1.03. The number of hydrogen-bond acceptors (Lipinski definition) is 0. The molecule has 0 aromatic rings. The third-order valence-corrected chi connectivity index (χ3v) is 1.73. The van der Waals surface area contributed by atoms with Crippen LogP contribution in [0, 0.1) is 13.8 Å². The lowest BCUT2D eigenvalue weighted by molar-refractivity contribution is 0.694. The minimum absolute atomic E-state index is 1.03. The molecule has 0 heterocycles. The van der Waals surface area contributed by atoms with Crippen LogP contribution in [0.3, 0.4) is 0 Å². The zero-order valence-electron chi connectivity index (χ0n) is 7.97. The van der Waals surface area contributed by atoms with E-state index in [2.05, 4.69) is 32.1 Å². The Hall–Kier alpha value is -0.520. The van der Waals surface area contributed by atoms with E-state index in [1.165, 1.54) is 25.7 Å². The fraction of sp³-hybridized carbons (Fsp3) is 0.500. The Morgan fingerprint density at radius 2 is 1.75 bits per heavy atom. The van der Waals surface area contributed by atoms with Crippen LogP contribution in [0.1, 0.15) is 38.5 Å². The molecule has 0 amide bonds. The van der Waals surface area contributed by atoms with Crippen molar-refractivity contribution in [3.8, 4) is 0 Å². The van der Waals surface area contributed by atoms with Gasteiger partial charge in [-0.25, -0.2) is 0 Å². The molecule has 0 saturated carbocycles. The van der Waals surface area contributed by atoms with Crippen LogP contribution in [0.25, 0.3) is 0 Å². The molecule has 0 aromatic carbocycles. The first kappa shape index (κ1) is 11.5. The predicted molar refractivity (Wildman–Crippen MR) is 56.7 cm³/mol. The molecule has 0 N–H and O–H groups in total. The first-order valence-corrected chi connectivity index (χ1v) is 4.80. The van der Waals surface area contributed by atoms with Gasteiger partial charge >= 0.3 is 0 Å². The lowest BCUT2D eigenvalue weighted by atomic mass is 10.1. The van der Waals surface area contributed by atoms with Crippen LogP contribution in [-0.4, -0.2) is 0 Å². The molecule has 0 saturated heterocycles. The highest BCUT2D eigenvalue weighted by Gasteiger charge is 1.83. The summed E-state index contributed by atoms with van der Waals surface area (Å²) in [4.78, 5) is 0. The highest BCUT2D eigenvalue weighted by atomic mass is 13.9. The molecule has 0 bridgehead atoms. The summed E-state index contributed by atoms with van der Waals surface area (Å²) < 4.78 is 0. The van der Waals surface area contributed by atoms with Gasteiger partial charge in [0.25, 0.3) is 0 Å². The van der Waals surface area contributed by atoms with Gasteiger partial charge in [-0.15, -0.1) is 0 Å². The Bertz CT molecular complexity index is 120. The molecule has 12 heavy (non-hydrogen) atoms. The van der Waals surface area contributed by atoms with Crippen molar-refractivity contribution < 1.29 is 0 Å². The number of unbranched alkanes of at least 4 members (excludes halogenated alkanes) is 4. The molecule has 0 aliphatic carbocycles. The quantitative estimate of drug-likeness (QED) is 0.392. The Balaban J connectivity index is 3.02. The lowest BCUT2D eigenvalue weighted by Gasteiger charge is -1.93. The largest absolute Gasteiger partial charge is 0.0882 e. The maximum absolute atomic E-state index is 3.81. The van der Waals surface area contributed by atoms with Gasteiger partial charge in [-0.3, -0.25) is 0 Å². The van der Waals surface area contributed by atoms with Gasteiger partial charge in [-0.2, -0.15) is 0 Å². The van der Waals surface area contributed by atoms with Crippen LogP contribution in [-0.2, 0) is 0 Å². The average molecular weight is 164 g/mol. The van der Waals surface area contributed by atoms with E-state index in [0.717, 1.165) is 12.8 Å². The second-order valence-electron chi connectivity index (χ2n) is 2.88. The summed E-state index contributed by atoms with van der Waals surface area (Å²) in [6.07, 6.45) is 15.6. The molecule has 0 nitrogen and oxygen atoms in total. The van der Waals surface area contributed by atoms with Crippen molar-refractivity contribution in [2.45, 2.75) is 38.5 Å². The minimum Gasteiger partial charge on any atom is -0.0882 e. The van der Waals surface area contributed by atoms with E-state index in [-0.39, 0.29) is 0 Å². The number of allylic oxidation sites excluding steroid dienone is 4. The number of rotatable bonds is 7. The van der Waals surface area contributed by atoms with Gasteiger partial charge in [0, 0.05) is 0 Å². The van der Waals surface area contributed by atoms with Gasteiger partial charge in [0.2, 0.25) is 0 Å². The van der Waals surface area contributed by atoms with Crippen LogP contribution >= 0.6 is 0 Å². The highest BCUT2D eigenvalue weighted by molar-refractivity contribution is 4.93. The van der Waals surface area contributed by atoms with Crippen molar-refractivity contribution in [2.75, 3.05) is 0 Å². The zero-order chi connectivity index (χ0) is 9.07. The predicted octanol–water partition coefficient (Wildman–Crippen LogP) is 4.11. The summed E-state index contributed by atoms with van der Waals surface area (Å²) in [6.45, 7) is 7.43. The molecule has 0 aliphatic rings. The fourth-order valence-electron chi connectivity index (χ4n) is 1.00.